The lowest BCUT2D eigenvalue weighted by molar-refractivity contribution is 0.286. The maximum Gasteiger partial charge on any atom is 0.170 e. The Kier molecular flexibility index (Phi) is 6.53. The summed E-state index contributed by atoms with van der Waals surface area (Å²) < 4.78 is 7.85. The minimum atomic E-state index is -0.0311. The van der Waals surface area contributed by atoms with Crippen LogP contribution in [0.15, 0.2) is 67.0 Å². The van der Waals surface area contributed by atoms with Crippen molar-refractivity contribution in [2.45, 2.75) is 18.5 Å². The van der Waals surface area contributed by atoms with E-state index in [-0.39, 0.29) is 12.1 Å². The van der Waals surface area contributed by atoms with Gasteiger partial charge in [-0.3, -0.25) is 4.98 Å². The van der Waals surface area contributed by atoms with Crippen LogP contribution in [-0.2, 0) is 0 Å². The van der Waals surface area contributed by atoms with Crippen molar-refractivity contribution in [1.82, 2.24) is 24.7 Å². The molecule has 0 amide bonds. The fraction of sp³-hybridized carbons (Fsp3) is 0.333. The molecule has 1 saturated heterocycles. The van der Waals surface area contributed by atoms with Gasteiger partial charge in [0.05, 0.1) is 30.6 Å². The highest BCUT2D eigenvalue weighted by molar-refractivity contribution is 7.80. The number of ether oxygens (including phenoxy) is 1. The molecule has 0 bridgehead atoms. The smallest absolute Gasteiger partial charge is 0.170 e. The molecule has 1 N–H and O–H groups in total. The van der Waals surface area contributed by atoms with Crippen LogP contribution in [0.5, 0.6) is 5.75 Å². The normalized spacial score (nSPS) is 18.5. The molecule has 162 valence electrons. The number of hydrogen-bond acceptors (Lipinski definition) is 4. The standard InChI is InChI=1S/C24H29N5OS/c1-27(2)15-9-17-29-23(22(26-24(29)31)18-10-6-7-14-25-18)20-12-8-16-28(20)19-11-4-5-13-21(19)30-3/h4-8,10-14,16,22-23H,9,15,17H2,1-3H3,(H,26,31)/t22-,23+/m1/s1. The zero-order valence-corrected chi connectivity index (χ0v) is 19.0. The molecule has 31 heavy (non-hydrogen) atoms. The number of aromatic nitrogens is 2. The molecule has 3 heterocycles. The van der Waals surface area contributed by atoms with E-state index in [1.54, 1.807) is 7.11 Å². The summed E-state index contributed by atoms with van der Waals surface area (Å²) in [5, 5.41) is 4.31. The van der Waals surface area contributed by atoms with Crippen LogP contribution in [0, 0.1) is 0 Å². The number of para-hydroxylation sites is 2. The van der Waals surface area contributed by atoms with Crippen LogP contribution >= 0.6 is 12.2 Å². The monoisotopic (exact) mass is 435 g/mol. The highest BCUT2D eigenvalue weighted by atomic mass is 32.1. The van der Waals surface area contributed by atoms with Gasteiger partial charge in [-0.15, -0.1) is 0 Å². The second-order valence-corrected chi connectivity index (χ2v) is 8.34. The molecule has 0 aliphatic carbocycles. The van der Waals surface area contributed by atoms with E-state index in [9.17, 15) is 0 Å². The molecule has 1 aliphatic rings. The molecule has 0 unspecified atom stereocenters. The Morgan fingerprint density at radius 3 is 2.65 bits per heavy atom. The molecule has 3 aromatic rings. The average molecular weight is 436 g/mol. The van der Waals surface area contributed by atoms with E-state index in [1.807, 2.05) is 36.5 Å². The second kappa shape index (κ2) is 9.49. The number of benzene rings is 1. The average Bonchev–Trinajstić information content (AvgIpc) is 3.38. The second-order valence-electron chi connectivity index (χ2n) is 7.95. The number of hydrogen-bond donors (Lipinski definition) is 1. The van der Waals surface area contributed by atoms with E-state index >= 15 is 0 Å². The zero-order chi connectivity index (χ0) is 21.8. The molecule has 7 heteroatoms. The van der Waals surface area contributed by atoms with Crippen LogP contribution < -0.4 is 10.1 Å². The summed E-state index contributed by atoms with van der Waals surface area (Å²) in [6.45, 7) is 1.88. The predicted octanol–water partition coefficient (Wildman–Crippen LogP) is 3.81. The number of pyridine rings is 1. The third-order valence-electron chi connectivity index (χ3n) is 5.63. The van der Waals surface area contributed by atoms with Crippen LogP contribution in [0.4, 0.5) is 0 Å². The molecule has 1 aliphatic heterocycles. The highest BCUT2D eigenvalue weighted by Crippen LogP contribution is 2.40. The van der Waals surface area contributed by atoms with Gasteiger partial charge in [0.1, 0.15) is 5.75 Å². The maximum atomic E-state index is 5.80. The molecule has 4 rings (SSSR count). The molecular weight excluding hydrogens is 406 g/mol. The molecule has 1 aromatic carbocycles. The van der Waals surface area contributed by atoms with Crippen molar-refractivity contribution in [1.29, 1.82) is 0 Å². The minimum absolute atomic E-state index is 0.0180. The Balaban J connectivity index is 1.76. The van der Waals surface area contributed by atoms with Gasteiger partial charge in [0.25, 0.3) is 0 Å². The number of nitrogens with one attached hydrogen (secondary N) is 1. The van der Waals surface area contributed by atoms with E-state index in [1.165, 1.54) is 0 Å². The van der Waals surface area contributed by atoms with Crippen molar-refractivity contribution < 1.29 is 4.74 Å². The van der Waals surface area contributed by atoms with Crippen molar-refractivity contribution in [3.63, 3.8) is 0 Å². The molecule has 0 spiro atoms. The Hall–Kier alpha value is -2.90. The van der Waals surface area contributed by atoms with Gasteiger partial charge in [0.15, 0.2) is 5.11 Å². The number of methoxy groups -OCH3 is 1. The Morgan fingerprint density at radius 2 is 1.90 bits per heavy atom. The number of thiocarbonyl (C=S) groups is 1. The molecule has 6 nitrogen and oxygen atoms in total. The fourth-order valence-corrected chi connectivity index (χ4v) is 4.54. The Morgan fingerprint density at radius 1 is 1.10 bits per heavy atom. The van der Waals surface area contributed by atoms with E-state index in [2.05, 4.69) is 69.2 Å². The third-order valence-corrected chi connectivity index (χ3v) is 5.98. The first-order valence-electron chi connectivity index (χ1n) is 10.5. The van der Waals surface area contributed by atoms with Crippen LogP contribution in [0.25, 0.3) is 5.69 Å². The molecule has 1 fully saturated rings. The summed E-state index contributed by atoms with van der Waals surface area (Å²) in [6, 6.07) is 18.4. The lowest BCUT2D eigenvalue weighted by Gasteiger charge is -2.29. The van der Waals surface area contributed by atoms with Crippen LogP contribution in [0.1, 0.15) is 29.9 Å². The van der Waals surface area contributed by atoms with Gasteiger partial charge in [-0.05, 0) is 75.7 Å². The van der Waals surface area contributed by atoms with E-state index in [0.29, 0.717) is 0 Å². The van der Waals surface area contributed by atoms with E-state index < -0.39 is 0 Å². The third kappa shape index (κ3) is 4.43. The van der Waals surface area contributed by atoms with Crippen molar-refractivity contribution in [2.75, 3.05) is 34.3 Å². The SMILES string of the molecule is COc1ccccc1-n1cccc1[C@H]1[C@@H](c2ccccn2)NC(=S)N1CCCN(C)C. The van der Waals surface area contributed by atoms with E-state index in [0.717, 1.165) is 47.4 Å². The fourth-order valence-electron chi connectivity index (χ4n) is 4.21. The molecular formula is C24H29N5OS. The molecule has 0 radical (unpaired) electrons. The lowest BCUT2D eigenvalue weighted by Crippen LogP contribution is -2.33. The van der Waals surface area contributed by atoms with Gasteiger partial charge in [-0.2, -0.15) is 0 Å². The topological polar surface area (TPSA) is 45.6 Å². The van der Waals surface area contributed by atoms with Gasteiger partial charge < -0.3 is 24.4 Å². The molecule has 2 aromatic heterocycles. The predicted molar refractivity (Wildman–Crippen MR) is 128 cm³/mol. The quantitative estimate of drug-likeness (QED) is 0.543. The van der Waals surface area contributed by atoms with Gasteiger partial charge in [-0.1, -0.05) is 18.2 Å². The molecule has 0 saturated carbocycles. The lowest BCUT2D eigenvalue weighted by atomic mass is 10.0. The highest BCUT2D eigenvalue weighted by Gasteiger charge is 2.41. The summed E-state index contributed by atoms with van der Waals surface area (Å²) >= 11 is 5.80. The number of rotatable bonds is 8. The first-order valence-corrected chi connectivity index (χ1v) is 10.9. The van der Waals surface area contributed by atoms with Crippen molar-refractivity contribution in [2.24, 2.45) is 0 Å². The van der Waals surface area contributed by atoms with Crippen LogP contribution in [-0.4, -0.2) is 58.8 Å². The van der Waals surface area contributed by atoms with E-state index in [4.69, 9.17) is 17.0 Å². The van der Waals surface area contributed by atoms with Crippen molar-refractivity contribution >= 4 is 17.3 Å². The summed E-state index contributed by atoms with van der Waals surface area (Å²) in [4.78, 5) is 9.15. The first-order chi connectivity index (χ1) is 15.1. The Bertz CT molecular complexity index is 1020. The van der Waals surface area contributed by atoms with Crippen LogP contribution in [0.2, 0.25) is 0 Å². The van der Waals surface area contributed by atoms with Gasteiger partial charge in [0.2, 0.25) is 0 Å². The van der Waals surface area contributed by atoms with Crippen molar-refractivity contribution in [3.05, 3.63) is 78.4 Å². The summed E-state index contributed by atoms with van der Waals surface area (Å²) in [6.07, 6.45) is 4.95. The largest absolute Gasteiger partial charge is 0.495 e. The van der Waals surface area contributed by atoms with Crippen molar-refractivity contribution in [3.8, 4) is 11.4 Å². The summed E-state index contributed by atoms with van der Waals surface area (Å²) in [7, 11) is 5.90. The zero-order valence-electron chi connectivity index (χ0n) is 18.2. The van der Waals surface area contributed by atoms with Gasteiger partial charge in [-0.25, -0.2) is 0 Å². The van der Waals surface area contributed by atoms with Crippen LogP contribution in [0.3, 0.4) is 0 Å². The molecule has 2 atom stereocenters. The maximum absolute atomic E-state index is 5.80. The Labute approximate surface area is 189 Å². The minimum Gasteiger partial charge on any atom is -0.495 e. The number of nitrogens with zero attached hydrogens (tertiary/aromatic N) is 4. The summed E-state index contributed by atoms with van der Waals surface area (Å²) in [5.41, 5.74) is 3.14. The first kappa shape index (κ1) is 21.3. The summed E-state index contributed by atoms with van der Waals surface area (Å²) in [5.74, 6) is 0.835. The van der Waals surface area contributed by atoms with Gasteiger partial charge >= 0.3 is 0 Å². The van der Waals surface area contributed by atoms with Gasteiger partial charge in [0, 0.05) is 24.6 Å².